The topological polar surface area (TPSA) is 50.8 Å². The lowest BCUT2D eigenvalue weighted by Crippen LogP contribution is -2.42. The molecule has 0 radical (unpaired) electrons. The number of methoxy groups -OCH3 is 1. The van der Waals surface area contributed by atoms with Gasteiger partial charge in [0.1, 0.15) is 6.17 Å². The van der Waals surface area contributed by atoms with Crippen LogP contribution in [0.25, 0.3) is 0 Å². The van der Waals surface area contributed by atoms with E-state index in [2.05, 4.69) is 18.8 Å². The summed E-state index contributed by atoms with van der Waals surface area (Å²) in [6.45, 7) is 7.08. The van der Waals surface area contributed by atoms with Crippen LogP contribution in [0.1, 0.15) is 48.3 Å². The van der Waals surface area contributed by atoms with Gasteiger partial charge in [-0.3, -0.25) is 4.79 Å². The van der Waals surface area contributed by atoms with Gasteiger partial charge in [0, 0.05) is 12.2 Å². The van der Waals surface area contributed by atoms with Crippen LogP contribution < -0.4 is 14.8 Å². The maximum absolute atomic E-state index is 13.0. The Labute approximate surface area is 167 Å². The van der Waals surface area contributed by atoms with Crippen LogP contribution in [0.2, 0.25) is 0 Å². The predicted molar refractivity (Wildman–Crippen MR) is 112 cm³/mol. The van der Waals surface area contributed by atoms with Crippen molar-refractivity contribution in [3.8, 4) is 11.5 Å². The number of amides is 1. The lowest BCUT2D eigenvalue weighted by Gasteiger charge is -2.37. The largest absolute Gasteiger partial charge is 0.493 e. The number of rotatable bonds is 9. The van der Waals surface area contributed by atoms with Crippen molar-refractivity contribution in [2.45, 2.75) is 32.4 Å². The average molecular weight is 380 g/mol. The van der Waals surface area contributed by atoms with Crippen molar-refractivity contribution in [3.05, 3.63) is 66.2 Å². The van der Waals surface area contributed by atoms with E-state index in [0.717, 1.165) is 36.3 Å². The number of nitrogens with one attached hydrogen (secondary N) is 1. The van der Waals surface area contributed by atoms with Crippen LogP contribution in [0.3, 0.4) is 0 Å². The second-order valence-electron chi connectivity index (χ2n) is 6.80. The SMILES string of the molecule is C=CCN1C(=O)c2ccccc2NC1c1ccc(OCCCCC)c(OC)c1. The Morgan fingerprint density at radius 2 is 2.00 bits per heavy atom. The minimum atomic E-state index is -0.302. The van der Waals surface area contributed by atoms with E-state index in [1.165, 1.54) is 0 Å². The van der Waals surface area contributed by atoms with Crippen LogP contribution in [0, 0.1) is 0 Å². The highest BCUT2D eigenvalue weighted by atomic mass is 16.5. The van der Waals surface area contributed by atoms with Crippen molar-refractivity contribution in [1.82, 2.24) is 4.90 Å². The molecule has 5 heteroatoms. The molecule has 148 valence electrons. The minimum absolute atomic E-state index is 0.0156. The molecule has 0 aromatic heterocycles. The van der Waals surface area contributed by atoms with Crippen LogP contribution in [0.5, 0.6) is 11.5 Å². The Morgan fingerprint density at radius 3 is 2.75 bits per heavy atom. The summed E-state index contributed by atoms with van der Waals surface area (Å²) in [6, 6.07) is 13.4. The molecule has 1 amide bonds. The normalized spacial score (nSPS) is 15.6. The number of hydrogen-bond donors (Lipinski definition) is 1. The van der Waals surface area contributed by atoms with Crippen LogP contribution in [0.15, 0.2) is 55.1 Å². The number of para-hydroxylation sites is 1. The number of unbranched alkanes of at least 4 members (excludes halogenated alkanes) is 2. The molecule has 0 aliphatic carbocycles. The molecule has 1 unspecified atom stereocenters. The third-order valence-corrected chi connectivity index (χ3v) is 4.86. The zero-order valence-electron chi connectivity index (χ0n) is 16.6. The van der Waals surface area contributed by atoms with E-state index in [9.17, 15) is 4.79 Å². The summed E-state index contributed by atoms with van der Waals surface area (Å²) in [5, 5.41) is 3.47. The molecule has 1 heterocycles. The lowest BCUT2D eigenvalue weighted by atomic mass is 10.0. The molecular weight excluding hydrogens is 352 g/mol. The number of benzene rings is 2. The molecule has 0 fully saturated rings. The molecule has 1 aliphatic rings. The predicted octanol–water partition coefficient (Wildman–Crippen LogP) is 5.02. The number of carbonyl (C=O) groups is 1. The second kappa shape index (κ2) is 9.31. The van der Waals surface area contributed by atoms with Gasteiger partial charge < -0.3 is 19.7 Å². The molecule has 2 aromatic rings. The van der Waals surface area contributed by atoms with Gasteiger partial charge in [0.25, 0.3) is 5.91 Å². The molecule has 1 aliphatic heterocycles. The van der Waals surface area contributed by atoms with Gasteiger partial charge in [-0.15, -0.1) is 6.58 Å². The van der Waals surface area contributed by atoms with Gasteiger partial charge in [-0.2, -0.15) is 0 Å². The summed E-state index contributed by atoms with van der Waals surface area (Å²) in [6.07, 6.45) is 4.75. The molecule has 0 saturated carbocycles. The monoisotopic (exact) mass is 380 g/mol. The lowest BCUT2D eigenvalue weighted by molar-refractivity contribution is 0.0707. The van der Waals surface area contributed by atoms with Crippen LogP contribution in [0.4, 0.5) is 5.69 Å². The van der Waals surface area contributed by atoms with Crippen molar-refractivity contribution in [2.75, 3.05) is 25.6 Å². The number of anilines is 1. The summed E-state index contributed by atoms with van der Waals surface area (Å²) in [4.78, 5) is 14.8. The molecule has 0 bridgehead atoms. The summed E-state index contributed by atoms with van der Waals surface area (Å²) in [7, 11) is 1.63. The molecule has 5 nitrogen and oxygen atoms in total. The molecular formula is C23H28N2O3. The highest BCUT2D eigenvalue weighted by molar-refractivity contribution is 6.01. The van der Waals surface area contributed by atoms with Gasteiger partial charge in [-0.1, -0.05) is 44.0 Å². The number of fused-ring (bicyclic) bond motifs is 1. The molecule has 28 heavy (non-hydrogen) atoms. The van der Waals surface area contributed by atoms with Crippen LogP contribution in [-0.2, 0) is 0 Å². The Hall–Kier alpha value is -2.95. The maximum Gasteiger partial charge on any atom is 0.258 e. The van der Waals surface area contributed by atoms with E-state index in [0.29, 0.717) is 24.5 Å². The van der Waals surface area contributed by atoms with E-state index in [1.807, 2.05) is 42.5 Å². The maximum atomic E-state index is 13.0. The number of ether oxygens (including phenoxy) is 2. The highest BCUT2D eigenvalue weighted by Gasteiger charge is 2.32. The first kappa shape index (κ1) is 19.8. The zero-order chi connectivity index (χ0) is 19.9. The molecule has 1 atom stereocenters. The molecule has 0 spiro atoms. The van der Waals surface area contributed by atoms with Gasteiger partial charge in [-0.05, 0) is 36.2 Å². The fourth-order valence-corrected chi connectivity index (χ4v) is 3.39. The van der Waals surface area contributed by atoms with E-state index in [-0.39, 0.29) is 12.1 Å². The van der Waals surface area contributed by atoms with Gasteiger partial charge in [0.15, 0.2) is 11.5 Å². The van der Waals surface area contributed by atoms with Crippen molar-refractivity contribution in [2.24, 2.45) is 0 Å². The van der Waals surface area contributed by atoms with E-state index < -0.39 is 0 Å². The Balaban J connectivity index is 1.88. The van der Waals surface area contributed by atoms with Crippen LogP contribution in [-0.4, -0.2) is 31.1 Å². The summed E-state index contributed by atoms with van der Waals surface area (Å²) >= 11 is 0. The second-order valence-corrected chi connectivity index (χ2v) is 6.80. The minimum Gasteiger partial charge on any atom is -0.493 e. The fourth-order valence-electron chi connectivity index (χ4n) is 3.39. The molecule has 3 rings (SSSR count). The van der Waals surface area contributed by atoms with Gasteiger partial charge in [0.05, 0.1) is 19.3 Å². The average Bonchev–Trinajstić information content (AvgIpc) is 2.73. The Kier molecular flexibility index (Phi) is 6.58. The highest BCUT2D eigenvalue weighted by Crippen LogP contribution is 2.36. The summed E-state index contributed by atoms with van der Waals surface area (Å²) in [5.74, 6) is 1.37. The summed E-state index contributed by atoms with van der Waals surface area (Å²) in [5.41, 5.74) is 2.43. The van der Waals surface area contributed by atoms with E-state index in [4.69, 9.17) is 9.47 Å². The molecule has 0 saturated heterocycles. The number of carbonyl (C=O) groups excluding carboxylic acids is 1. The Bertz CT molecular complexity index is 834. The third kappa shape index (κ3) is 4.14. The standard InChI is InChI=1S/C23H28N2O3/c1-4-6-9-15-28-20-13-12-17(16-21(20)27-3)22-24-19-11-8-7-10-18(19)23(26)25(22)14-5-2/h5,7-8,10-13,16,22,24H,2,4,6,9,14-15H2,1,3H3. The van der Waals surface area contributed by atoms with Crippen LogP contribution >= 0.6 is 0 Å². The molecule has 1 N–H and O–H groups in total. The molecule has 2 aromatic carbocycles. The number of hydrogen-bond acceptors (Lipinski definition) is 4. The third-order valence-electron chi connectivity index (χ3n) is 4.86. The number of nitrogens with zero attached hydrogens (tertiary/aromatic N) is 1. The van der Waals surface area contributed by atoms with Crippen molar-refractivity contribution >= 4 is 11.6 Å². The zero-order valence-corrected chi connectivity index (χ0v) is 16.6. The quantitative estimate of drug-likeness (QED) is 0.490. The first-order chi connectivity index (χ1) is 13.7. The van der Waals surface area contributed by atoms with Gasteiger partial charge >= 0.3 is 0 Å². The van der Waals surface area contributed by atoms with E-state index in [1.54, 1.807) is 18.1 Å². The van der Waals surface area contributed by atoms with Crippen molar-refractivity contribution < 1.29 is 14.3 Å². The smallest absolute Gasteiger partial charge is 0.258 e. The first-order valence-corrected chi connectivity index (χ1v) is 9.77. The van der Waals surface area contributed by atoms with Gasteiger partial charge in [0.2, 0.25) is 0 Å². The summed E-state index contributed by atoms with van der Waals surface area (Å²) < 4.78 is 11.4. The van der Waals surface area contributed by atoms with Gasteiger partial charge in [-0.25, -0.2) is 0 Å². The van der Waals surface area contributed by atoms with Crippen molar-refractivity contribution in [1.29, 1.82) is 0 Å². The fraction of sp³-hybridized carbons (Fsp3) is 0.348. The first-order valence-electron chi connectivity index (χ1n) is 9.77. The van der Waals surface area contributed by atoms with E-state index >= 15 is 0 Å². The Morgan fingerprint density at radius 1 is 1.18 bits per heavy atom. The van der Waals surface area contributed by atoms with Crippen molar-refractivity contribution in [3.63, 3.8) is 0 Å².